The molecule has 1 aromatic heterocycles. The molecule has 30 heavy (non-hydrogen) atoms. The highest BCUT2D eigenvalue weighted by molar-refractivity contribution is 7.90. The number of sulfonamides is 1. The Morgan fingerprint density at radius 2 is 2.03 bits per heavy atom. The fourth-order valence-corrected chi connectivity index (χ4v) is 4.52. The lowest BCUT2D eigenvalue weighted by molar-refractivity contribution is 0.101. The van der Waals surface area contributed by atoms with E-state index in [-0.39, 0.29) is 24.1 Å². The normalized spacial score (nSPS) is 19.5. The zero-order valence-corrected chi connectivity index (χ0v) is 16.8. The Morgan fingerprint density at radius 1 is 1.30 bits per heavy atom. The Morgan fingerprint density at radius 3 is 2.70 bits per heavy atom. The molecule has 0 radical (unpaired) electrons. The third kappa shape index (κ3) is 4.41. The van der Waals surface area contributed by atoms with Crippen LogP contribution in [0.25, 0.3) is 0 Å². The summed E-state index contributed by atoms with van der Waals surface area (Å²) in [5, 5.41) is 11.5. The van der Waals surface area contributed by atoms with Crippen LogP contribution >= 0.6 is 0 Å². The van der Waals surface area contributed by atoms with Crippen molar-refractivity contribution >= 4 is 27.8 Å². The van der Waals surface area contributed by atoms with E-state index in [0.717, 1.165) is 41.8 Å². The second-order valence-corrected chi connectivity index (χ2v) is 8.72. The number of benzene rings is 1. The fourth-order valence-electron chi connectivity index (χ4n) is 3.48. The van der Waals surface area contributed by atoms with Gasteiger partial charge >= 0.3 is 0 Å². The number of nitrogens with zero attached hydrogens (tertiary/aromatic N) is 2. The molecule has 1 aromatic carbocycles. The summed E-state index contributed by atoms with van der Waals surface area (Å²) in [4.78, 5) is 11.6. The number of amides is 1. The monoisotopic (exact) mass is 443 g/mol. The summed E-state index contributed by atoms with van der Waals surface area (Å²) < 4.78 is 70.6. The summed E-state index contributed by atoms with van der Waals surface area (Å²) >= 11 is 0. The molecule has 11 heteroatoms. The first-order valence-electron chi connectivity index (χ1n) is 9.16. The first kappa shape index (κ1) is 22.0. The van der Waals surface area contributed by atoms with E-state index >= 15 is 0 Å². The van der Waals surface area contributed by atoms with Crippen LogP contribution in [-0.4, -0.2) is 36.8 Å². The van der Waals surface area contributed by atoms with Crippen LogP contribution in [0.5, 0.6) is 0 Å². The maximum atomic E-state index is 14.8. The Labute approximate surface area is 171 Å². The number of aromatic nitrogens is 1. The molecule has 1 aliphatic rings. The minimum absolute atomic E-state index is 0.0925. The number of carbonyl (C=O) groups is 1. The van der Waals surface area contributed by atoms with Crippen LogP contribution in [0.4, 0.5) is 18.9 Å². The van der Waals surface area contributed by atoms with Crippen LogP contribution in [-0.2, 0) is 17.1 Å². The number of anilines is 1. The fraction of sp³-hybridized carbons (Fsp3) is 0.368. The molecule has 162 valence electrons. The van der Waals surface area contributed by atoms with Crippen molar-refractivity contribution in [3.05, 3.63) is 47.5 Å². The molecule has 0 aliphatic heterocycles. The third-order valence-corrected chi connectivity index (χ3v) is 6.34. The number of aryl methyl sites for hydroxylation is 1. The topological polar surface area (TPSA) is 101 Å². The van der Waals surface area contributed by atoms with Gasteiger partial charge in [-0.05, 0) is 30.9 Å². The predicted octanol–water partition coefficient (Wildman–Crippen LogP) is 2.86. The van der Waals surface area contributed by atoms with Crippen LogP contribution in [0, 0.1) is 29.3 Å². The van der Waals surface area contributed by atoms with Gasteiger partial charge in [-0.1, -0.05) is 6.42 Å². The van der Waals surface area contributed by atoms with Crippen molar-refractivity contribution in [1.82, 2.24) is 4.57 Å². The van der Waals surface area contributed by atoms with Crippen LogP contribution < -0.4 is 5.32 Å². The van der Waals surface area contributed by atoms with Crippen molar-refractivity contribution in [3.63, 3.8) is 0 Å². The molecular weight excluding hydrogens is 423 g/mol. The molecule has 0 saturated heterocycles. The number of hydrogen-bond acceptors (Lipinski definition) is 4. The smallest absolute Gasteiger partial charge is 0.286 e. The number of halogens is 3. The lowest BCUT2D eigenvalue weighted by Gasteiger charge is -2.11. The van der Waals surface area contributed by atoms with Gasteiger partial charge in [-0.25, -0.2) is 13.2 Å². The SMILES string of the molecule is Cn1cc(S(=O)(=O)/N=C\C2CCC[C@@H]2CO)c(F)c1C(=O)Nc1ccc(F)c(F)c1. The summed E-state index contributed by atoms with van der Waals surface area (Å²) in [7, 11) is -3.16. The van der Waals surface area contributed by atoms with E-state index in [2.05, 4.69) is 9.71 Å². The van der Waals surface area contributed by atoms with Crippen LogP contribution in [0.2, 0.25) is 0 Å². The lowest BCUT2D eigenvalue weighted by Crippen LogP contribution is -2.17. The van der Waals surface area contributed by atoms with E-state index in [4.69, 9.17) is 0 Å². The zero-order valence-electron chi connectivity index (χ0n) is 16.0. The molecule has 1 aliphatic carbocycles. The largest absolute Gasteiger partial charge is 0.396 e. The van der Waals surface area contributed by atoms with Gasteiger partial charge in [0.25, 0.3) is 15.9 Å². The molecule has 2 N–H and O–H groups in total. The quantitative estimate of drug-likeness (QED) is 0.671. The maximum Gasteiger partial charge on any atom is 0.286 e. The van der Waals surface area contributed by atoms with E-state index in [1.807, 2.05) is 0 Å². The Bertz CT molecular complexity index is 1100. The van der Waals surface area contributed by atoms with Crippen molar-refractivity contribution in [3.8, 4) is 0 Å². The minimum Gasteiger partial charge on any atom is -0.396 e. The van der Waals surface area contributed by atoms with Gasteiger partial charge in [0.15, 0.2) is 17.5 Å². The average Bonchev–Trinajstić information content (AvgIpc) is 3.27. The Kier molecular flexibility index (Phi) is 6.32. The maximum absolute atomic E-state index is 14.8. The second-order valence-electron chi connectivity index (χ2n) is 7.12. The summed E-state index contributed by atoms with van der Waals surface area (Å²) in [6, 6.07) is 2.59. The highest BCUT2D eigenvalue weighted by atomic mass is 32.2. The van der Waals surface area contributed by atoms with E-state index in [1.165, 1.54) is 13.3 Å². The van der Waals surface area contributed by atoms with E-state index in [0.29, 0.717) is 6.42 Å². The third-order valence-electron chi connectivity index (χ3n) is 5.10. The highest BCUT2D eigenvalue weighted by Crippen LogP contribution is 2.31. The molecule has 3 rings (SSSR count). The van der Waals surface area contributed by atoms with Crippen LogP contribution in [0.1, 0.15) is 29.8 Å². The van der Waals surface area contributed by atoms with Crippen LogP contribution in [0.3, 0.4) is 0 Å². The predicted molar refractivity (Wildman–Crippen MR) is 103 cm³/mol. The summed E-state index contributed by atoms with van der Waals surface area (Å²) in [5.41, 5.74) is -0.735. The van der Waals surface area contributed by atoms with Crippen LogP contribution in [0.15, 0.2) is 33.7 Å². The van der Waals surface area contributed by atoms with Crippen molar-refractivity contribution in [2.24, 2.45) is 23.3 Å². The number of aliphatic hydroxyl groups excluding tert-OH is 1. The first-order valence-corrected chi connectivity index (χ1v) is 10.6. The van der Waals surface area contributed by atoms with Crippen molar-refractivity contribution in [2.45, 2.75) is 24.2 Å². The molecule has 1 heterocycles. The molecule has 2 aromatic rings. The molecule has 1 amide bonds. The van der Waals surface area contributed by atoms with Crippen molar-refractivity contribution in [2.75, 3.05) is 11.9 Å². The number of aliphatic hydroxyl groups is 1. The van der Waals surface area contributed by atoms with Gasteiger partial charge in [0.05, 0.1) is 0 Å². The second kappa shape index (κ2) is 8.60. The molecule has 1 unspecified atom stereocenters. The van der Waals surface area contributed by atoms with Gasteiger partial charge in [-0.3, -0.25) is 4.79 Å². The van der Waals surface area contributed by atoms with E-state index < -0.39 is 44.0 Å². The number of rotatable bonds is 6. The molecule has 0 spiro atoms. The Hall–Kier alpha value is -2.66. The van der Waals surface area contributed by atoms with Gasteiger partial charge in [-0.15, -0.1) is 0 Å². The number of nitrogens with one attached hydrogen (secondary N) is 1. The molecule has 7 nitrogen and oxygen atoms in total. The summed E-state index contributed by atoms with van der Waals surface area (Å²) in [6.07, 6.45) is 4.37. The van der Waals surface area contributed by atoms with Gasteiger partial charge in [-0.2, -0.15) is 12.8 Å². The Balaban J connectivity index is 1.85. The zero-order chi connectivity index (χ0) is 22.1. The summed E-state index contributed by atoms with van der Waals surface area (Å²) in [5.74, 6) is -4.99. The average molecular weight is 443 g/mol. The molecule has 1 saturated carbocycles. The van der Waals surface area contributed by atoms with Gasteiger partial charge < -0.3 is 15.0 Å². The standard InChI is InChI=1S/C19H20F3N3O4S/c1-25-9-16(30(28,29)23-8-11-3-2-4-12(11)10-26)17(22)18(25)19(27)24-13-5-6-14(20)15(21)7-13/h5-9,11-12,26H,2-4,10H2,1H3,(H,24,27)/b23-8-/t11?,12-/m1/s1. The first-order chi connectivity index (χ1) is 14.1. The lowest BCUT2D eigenvalue weighted by atomic mass is 9.99. The molecule has 2 atom stereocenters. The van der Waals surface area contributed by atoms with E-state index in [1.54, 1.807) is 0 Å². The molecule has 0 bridgehead atoms. The summed E-state index contributed by atoms with van der Waals surface area (Å²) in [6.45, 7) is -0.0925. The number of hydrogen-bond donors (Lipinski definition) is 2. The van der Waals surface area contributed by atoms with Gasteiger partial charge in [0.2, 0.25) is 0 Å². The van der Waals surface area contributed by atoms with Crippen molar-refractivity contribution in [1.29, 1.82) is 0 Å². The minimum atomic E-state index is -4.43. The molecule has 1 fully saturated rings. The van der Waals surface area contributed by atoms with Gasteiger partial charge in [0.1, 0.15) is 10.6 Å². The number of carbonyl (C=O) groups excluding carboxylic acids is 1. The highest BCUT2D eigenvalue weighted by Gasteiger charge is 2.30. The van der Waals surface area contributed by atoms with E-state index in [9.17, 15) is 31.5 Å². The van der Waals surface area contributed by atoms with Gasteiger partial charge in [0, 0.05) is 43.7 Å². The molecular formula is C19H20F3N3O4S. The van der Waals surface area contributed by atoms with Crippen molar-refractivity contribution < 1.29 is 31.5 Å².